The Morgan fingerprint density at radius 3 is 2.05 bits per heavy atom. The van der Waals surface area contributed by atoms with Gasteiger partial charge in [-0.15, -0.1) is 0 Å². The van der Waals surface area contributed by atoms with E-state index in [0.717, 1.165) is 22.3 Å². The number of amides is 3. The molecule has 10 heteroatoms. The summed E-state index contributed by atoms with van der Waals surface area (Å²) in [5.74, 6) is -1.71. The van der Waals surface area contributed by atoms with Gasteiger partial charge in [0.05, 0.1) is 0 Å². The molecule has 2 aromatic carbocycles. The second kappa shape index (κ2) is 13.6. The summed E-state index contributed by atoms with van der Waals surface area (Å²) in [5, 5.41) is 17.1. The van der Waals surface area contributed by atoms with Crippen molar-refractivity contribution in [1.29, 1.82) is 0 Å². The van der Waals surface area contributed by atoms with Crippen molar-refractivity contribution in [3.63, 3.8) is 0 Å². The van der Waals surface area contributed by atoms with Crippen molar-refractivity contribution >= 4 is 24.1 Å². The van der Waals surface area contributed by atoms with Gasteiger partial charge >= 0.3 is 18.2 Å². The molecule has 0 radical (unpaired) electrons. The Hall–Kier alpha value is -4.08. The zero-order chi connectivity index (χ0) is 28.4. The highest BCUT2D eigenvalue weighted by Crippen LogP contribution is 2.44. The van der Waals surface area contributed by atoms with Crippen LogP contribution in [0.15, 0.2) is 48.5 Å². The summed E-state index contributed by atoms with van der Waals surface area (Å²) in [6.07, 6.45) is -0.0513. The molecular weight excluding hydrogens is 502 g/mol. The highest BCUT2D eigenvalue weighted by Gasteiger charge is 2.29. The maximum Gasteiger partial charge on any atom is 0.407 e. The standard InChI is InChI=1S/C29H37N3O7/c1-29(2,3)39-28(37)30-16-9-8-14-24(26(34)35)32-25(33)15-17-31-27(36)38-18-23-21-12-6-4-10-19(21)20-11-5-7-13-22(20)23/h4-7,10-13,23-24H,8-9,14-18H2,1-3H3,(H,30,37)(H,31,36)(H,32,33)(H,34,35). The molecule has 3 amide bonds. The number of rotatable bonds is 12. The first-order valence-electron chi connectivity index (χ1n) is 13.1. The lowest BCUT2D eigenvalue weighted by Crippen LogP contribution is -2.42. The lowest BCUT2D eigenvalue weighted by Gasteiger charge is -2.19. The average molecular weight is 540 g/mol. The zero-order valence-corrected chi connectivity index (χ0v) is 22.6. The summed E-state index contributed by atoms with van der Waals surface area (Å²) in [7, 11) is 0. The number of hydrogen-bond acceptors (Lipinski definition) is 6. The normalized spacial score (nSPS) is 13.0. The molecule has 10 nitrogen and oxygen atoms in total. The topological polar surface area (TPSA) is 143 Å². The Kier molecular flexibility index (Phi) is 10.3. The van der Waals surface area contributed by atoms with Crippen molar-refractivity contribution in [2.75, 3.05) is 19.7 Å². The Bertz CT molecular complexity index is 1130. The lowest BCUT2D eigenvalue weighted by atomic mass is 9.98. The molecule has 0 heterocycles. The van der Waals surface area contributed by atoms with Crippen LogP contribution < -0.4 is 16.0 Å². The number of alkyl carbamates (subject to hydrolysis) is 2. The van der Waals surface area contributed by atoms with Crippen LogP contribution in [-0.2, 0) is 19.1 Å². The number of hydrogen-bond donors (Lipinski definition) is 4. The van der Waals surface area contributed by atoms with Gasteiger partial charge in [0.25, 0.3) is 0 Å². The summed E-state index contributed by atoms with van der Waals surface area (Å²) in [4.78, 5) is 47.7. The first kappa shape index (κ1) is 29.5. The molecule has 0 spiro atoms. The molecule has 1 atom stereocenters. The molecule has 0 saturated heterocycles. The van der Waals surface area contributed by atoms with Crippen LogP contribution in [0.5, 0.6) is 0 Å². The van der Waals surface area contributed by atoms with Crippen LogP contribution in [0, 0.1) is 0 Å². The van der Waals surface area contributed by atoms with E-state index in [-0.39, 0.29) is 31.9 Å². The van der Waals surface area contributed by atoms with Crippen LogP contribution in [0.3, 0.4) is 0 Å². The van der Waals surface area contributed by atoms with Crippen molar-refractivity contribution in [3.05, 3.63) is 59.7 Å². The first-order valence-corrected chi connectivity index (χ1v) is 13.1. The van der Waals surface area contributed by atoms with Gasteiger partial charge in [-0.3, -0.25) is 4.79 Å². The molecule has 1 aliphatic rings. The van der Waals surface area contributed by atoms with Gasteiger partial charge < -0.3 is 30.5 Å². The molecule has 0 fully saturated rings. The number of carboxylic acids is 1. The quantitative estimate of drug-likeness (QED) is 0.296. The van der Waals surface area contributed by atoms with Crippen molar-refractivity contribution in [1.82, 2.24) is 16.0 Å². The Balaban J connectivity index is 1.34. The minimum absolute atomic E-state index is 0.00859. The maximum absolute atomic E-state index is 12.3. The summed E-state index contributed by atoms with van der Waals surface area (Å²) in [6, 6.07) is 15.0. The highest BCUT2D eigenvalue weighted by atomic mass is 16.6. The fourth-order valence-corrected chi connectivity index (χ4v) is 4.43. The summed E-state index contributed by atoms with van der Waals surface area (Å²) < 4.78 is 10.6. The van der Waals surface area contributed by atoms with Crippen LogP contribution in [0.2, 0.25) is 0 Å². The van der Waals surface area contributed by atoms with Gasteiger partial charge in [-0.25, -0.2) is 14.4 Å². The molecule has 1 aliphatic carbocycles. The van der Waals surface area contributed by atoms with Crippen LogP contribution in [0.25, 0.3) is 11.1 Å². The number of nitrogens with one attached hydrogen (secondary N) is 3. The number of unbranched alkanes of at least 4 members (excludes halogenated alkanes) is 1. The molecule has 2 aromatic rings. The monoisotopic (exact) mass is 539 g/mol. The molecule has 210 valence electrons. The van der Waals surface area contributed by atoms with E-state index in [1.807, 2.05) is 36.4 Å². The fraction of sp³-hybridized carbons (Fsp3) is 0.448. The Labute approximate surface area is 228 Å². The van der Waals surface area contributed by atoms with Crippen LogP contribution in [0.1, 0.15) is 63.5 Å². The number of carboxylic acid groups (broad SMARTS) is 1. The SMILES string of the molecule is CC(C)(C)OC(=O)NCCCCC(NC(=O)CCNC(=O)OCC1c2ccccc2-c2ccccc21)C(=O)O. The van der Waals surface area contributed by atoms with Crippen molar-refractivity contribution in [2.24, 2.45) is 0 Å². The van der Waals surface area contributed by atoms with E-state index < -0.39 is 35.7 Å². The van der Waals surface area contributed by atoms with Gasteiger partial charge in [-0.05, 0) is 62.3 Å². The third kappa shape index (κ3) is 9.01. The van der Waals surface area contributed by atoms with Crippen molar-refractivity contribution in [3.8, 4) is 11.1 Å². The van der Waals surface area contributed by atoms with Gasteiger partial charge in [0.2, 0.25) is 5.91 Å². The number of carbonyl (C=O) groups is 4. The number of carbonyl (C=O) groups excluding carboxylic acids is 3. The summed E-state index contributed by atoms with van der Waals surface area (Å²) in [5.41, 5.74) is 3.87. The molecule has 0 aromatic heterocycles. The maximum atomic E-state index is 12.3. The van der Waals surface area contributed by atoms with E-state index in [9.17, 15) is 24.3 Å². The molecule has 0 bridgehead atoms. The predicted octanol–water partition coefficient (Wildman–Crippen LogP) is 4.18. The largest absolute Gasteiger partial charge is 0.480 e. The van der Waals surface area contributed by atoms with Crippen LogP contribution in [-0.4, -0.2) is 60.5 Å². The predicted molar refractivity (Wildman–Crippen MR) is 145 cm³/mol. The second-order valence-electron chi connectivity index (χ2n) is 10.4. The van der Waals surface area contributed by atoms with E-state index in [4.69, 9.17) is 9.47 Å². The fourth-order valence-electron chi connectivity index (χ4n) is 4.43. The molecular formula is C29H37N3O7. The average Bonchev–Trinajstić information content (AvgIpc) is 3.19. The third-order valence-corrected chi connectivity index (χ3v) is 6.19. The third-order valence-electron chi connectivity index (χ3n) is 6.19. The minimum Gasteiger partial charge on any atom is -0.480 e. The lowest BCUT2D eigenvalue weighted by molar-refractivity contribution is -0.142. The molecule has 0 aliphatic heterocycles. The highest BCUT2D eigenvalue weighted by molar-refractivity contribution is 5.84. The number of aliphatic carboxylic acids is 1. The molecule has 3 rings (SSSR count). The molecule has 1 unspecified atom stereocenters. The zero-order valence-electron chi connectivity index (χ0n) is 22.6. The van der Waals surface area contributed by atoms with Crippen molar-refractivity contribution < 1.29 is 33.8 Å². The summed E-state index contributed by atoms with van der Waals surface area (Å²) in [6.45, 7) is 5.80. The van der Waals surface area contributed by atoms with E-state index in [1.54, 1.807) is 20.8 Å². The molecule has 39 heavy (non-hydrogen) atoms. The smallest absolute Gasteiger partial charge is 0.407 e. The number of ether oxygens (including phenoxy) is 2. The number of fused-ring (bicyclic) bond motifs is 3. The van der Waals surface area contributed by atoms with E-state index in [0.29, 0.717) is 19.4 Å². The number of benzene rings is 2. The van der Waals surface area contributed by atoms with E-state index in [2.05, 4.69) is 28.1 Å². The van der Waals surface area contributed by atoms with Gasteiger partial charge in [0.15, 0.2) is 0 Å². The van der Waals surface area contributed by atoms with Gasteiger partial charge in [-0.2, -0.15) is 0 Å². The first-order chi connectivity index (χ1) is 18.5. The Morgan fingerprint density at radius 1 is 0.872 bits per heavy atom. The summed E-state index contributed by atoms with van der Waals surface area (Å²) >= 11 is 0. The minimum atomic E-state index is -1.15. The molecule has 4 N–H and O–H groups in total. The molecule has 0 saturated carbocycles. The van der Waals surface area contributed by atoms with E-state index in [1.165, 1.54) is 0 Å². The Morgan fingerprint density at radius 2 is 1.46 bits per heavy atom. The van der Waals surface area contributed by atoms with Crippen LogP contribution >= 0.6 is 0 Å². The van der Waals surface area contributed by atoms with Gasteiger partial charge in [-0.1, -0.05) is 48.5 Å². The van der Waals surface area contributed by atoms with Crippen LogP contribution in [0.4, 0.5) is 9.59 Å². The van der Waals surface area contributed by atoms with Crippen molar-refractivity contribution in [2.45, 2.75) is 64.0 Å². The second-order valence-corrected chi connectivity index (χ2v) is 10.4. The van der Waals surface area contributed by atoms with E-state index >= 15 is 0 Å². The van der Waals surface area contributed by atoms with Gasteiger partial charge in [0, 0.05) is 25.4 Å². The van der Waals surface area contributed by atoms with Gasteiger partial charge in [0.1, 0.15) is 18.2 Å².